The summed E-state index contributed by atoms with van der Waals surface area (Å²) in [6.45, 7) is 1.75. The van der Waals surface area contributed by atoms with Gasteiger partial charge in [-0.1, -0.05) is 0 Å². The summed E-state index contributed by atoms with van der Waals surface area (Å²) < 4.78 is 10.6. The van der Waals surface area contributed by atoms with Crippen molar-refractivity contribution in [1.29, 1.82) is 0 Å². The number of ether oxygens (including phenoxy) is 2. The van der Waals surface area contributed by atoms with Gasteiger partial charge in [-0.05, 0) is 24.6 Å². The molecule has 20 heavy (non-hydrogen) atoms. The van der Waals surface area contributed by atoms with Crippen molar-refractivity contribution < 1.29 is 14.4 Å². The van der Waals surface area contributed by atoms with E-state index in [9.17, 15) is 10.1 Å². The number of aryl methyl sites for hydroxylation is 1. The Morgan fingerprint density at radius 1 is 1.35 bits per heavy atom. The molecule has 2 rings (SSSR count). The van der Waals surface area contributed by atoms with Crippen molar-refractivity contribution in [3.8, 4) is 17.4 Å². The molecule has 0 spiro atoms. The van der Waals surface area contributed by atoms with Gasteiger partial charge in [-0.25, -0.2) is 4.98 Å². The summed E-state index contributed by atoms with van der Waals surface area (Å²) in [7, 11) is 1.39. The van der Waals surface area contributed by atoms with Crippen LogP contribution in [0.15, 0.2) is 24.4 Å². The van der Waals surface area contributed by atoms with E-state index in [0.29, 0.717) is 11.3 Å². The van der Waals surface area contributed by atoms with E-state index in [1.54, 1.807) is 6.92 Å². The molecule has 0 atom stereocenters. The van der Waals surface area contributed by atoms with Gasteiger partial charge in [0, 0.05) is 17.8 Å². The summed E-state index contributed by atoms with van der Waals surface area (Å²) in [4.78, 5) is 18.0. The van der Waals surface area contributed by atoms with E-state index in [2.05, 4.69) is 9.97 Å². The number of aromatic nitrogens is 2. The summed E-state index contributed by atoms with van der Waals surface area (Å²) in [6, 6.07) is 4.02. The minimum atomic E-state index is -0.515. The first-order chi connectivity index (χ1) is 9.51. The Morgan fingerprint density at radius 2 is 2.10 bits per heavy atom. The molecule has 0 bridgehead atoms. The van der Waals surface area contributed by atoms with Gasteiger partial charge in [0.15, 0.2) is 11.5 Å². The fourth-order valence-electron chi connectivity index (χ4n) is 1.47. The van der Waals surface area contributed by atoms with Crippen molar-refractivity contribution in [1.82, 2.24) is 9.97 Å². The zero-order valence-electron chi connectivity index (χ0n) is 10.7. The van der Waals surface area contributed by atoms with Crippen molar-refractivity contribution in [3.05, 3.63) is 45.4 Å². The summed E-state index contributed by atoms with van der Waals surface area (Å²) in [5.41, 5.74) is 0.585. The Labute approximate surface area is 119 Å². The summed E-state index contributed by atoms with van der Waals surface area (Å²) >= 11 is 5.70. The average Bonchev–Trinajstić information content (AvgIpc) is 2.43. The summed E-state index contributed by atoms with van der Waals surface area (Å²) in [5.74, 6) is 0.793. The lowest BCUT2D eigenvalue weighted by atomic mass is 10.3. The third kappa shape index (κ3) is 2.94. The van der Waals surface area contributed by atoms with Gasteiger partial charge < -0.3 is 9.47 Å². The van der Waals surface area contributed by atoms with Gasteiger partial charge in [0.05, 0.1) is 18.1 Å². The summed E-state index contributed by atoms with van der Waals surface area (Å²) in [6.07, 6.45) is 1.52. The minimum absolute atomic E-state index is 0.0477. The maximum atomic E-state index is 10.7. The molecule has 7 nitrogen and oxygen atoms in total. The smallest absolute Gasteiger partial charge is 0.273 e. The normalized spacial score (nSPS) is 10.2. The molecule has 8 heteroatoms. The van der Waals surface area contributed by atoms with E-state index >= 15 is 0 Å². The second-order valence-corrected chi connectivity index (χ2v) is 4.16. The van der Waals surface area contributed by atoms with Crippen LogP contribution in [0.2, 0.25) is 5.28 Å². The highest BCUT2D eigenvalue weighted by Gasteiger charge is 2.14. The quantitative estimate of drug-likeness (QED) is 0.489. The third-order valence-corrected chi connectivity index (χ3v) is 2.64. The monoisotopic (exact) mass is 295 g/mol. The molecule has 0 aliphatic carbocycles. The maximum Gasteiger partial charge on any atom is 0.273 e. The number of rotatable bonds is 4. The van der Waals surface area contributed by atoms with Crippen LogP contribution in [0.5, 0.6) is 17.4 Å². The largest absolute Gasteiger partial charge is 0.493 e. The third-order valence-electron chi connectivity index (χ3n) is 2.46. The number of methoxy groups -OCH3 is 1. The van der Waals surface area contributed by atoms with Crippen LogP contribution in [-0.4, -0.2) is 22.0 Å². The molecule has 1 aromatic heterocycles. The highest BCUT2D eigenvalue weighted by molar-refractivity contribution is 6.28. The first kappa shape index (κ1) is 14.0. The number of hydrogen-bond donors (Lipinski definition) is 0. The zero-order chi connectivity index (χ0) is 14.7. The van der Waals surface area contributed by atoms with Crippen molar-refractivity contribution in [2.75, 3.05) is 7.11 Å². The SMILES string of the molecule is COc1cc([N+](=O)[O-])ccc1Oc1nc(Cl)ncc1C. The second-order valence-electron chi connectivity index (χ2n) is 3.82. The Morgan fingerprint density at radius 3 is 2.75 bits per heavy atom. The van der Waals surface area contributed by atoms with Crippen molar-refractivity contribution in [3.63, 3.8) is 0 Å². The second kappa shape index (κ2) is 5.70. The van der Waals surface area contributed by atoms with Crippen molar-refractivity contribution >= 4 is 17.3 Å². The van der Waals surface area contributed by atoms with Crippen LogP contribution < -0.4 is 9.47 Å². The molecule has 0 aliphatic heterocycles. The Kier molecular flexibility index (Phi) is 3.99. The first-order valence-corrected chi connectivity index (χ1v) is 5.88. The van der Waals surface area contributed by atoms with E-state index in [4.69, 9.17) is 21.1 Å². The molecule has 1 aromatic carbocycles. The van der Waals surface area contributed by atoms with E-state index < -0.39 is 4.92 Å². The van der Waals surface area contributed by atoms with E-state index in [1.807, 2.05) is 0 Å². The molecule has 2 aromatic rings. The van der Waals surface area contributed by atoms with Gasteiger partial charge in [-0.2, -0.15) is 4.98 Å². The Hall–Kier alpha value is -2.41. The average molecular weight is 296 g/mol. The molecule has 0 N–H and O–H groups in total. The first-order valence-electron chi connectivity index (χ1n) is 5.50. The van der Waals surface area contributed by atoms with Gasteiger partial charge in [0.2, 0.25) is 11.2 Å². The number of hydrogen-bond acceptors (Lipinski definition) is 6. The molecule has 0 fully saturated rings. The molecule has 0 saturated heterocycles. The number of halogens is 1. The van der Waals surface area contributed by atoms with Crippen LogP contribution >= 0.6 is 11.6 Å². The lowest BCUT2D eigenvalue weighted by molar-refractivity contribution is -0.384. The lowest BCUT2D eigenvalue weighted by Crippen LogP contribution is -1.97. The van der Waals surface area contributed by atoms with E-state index in [0.717, 1.165) is 0 Å². The number of nitrogens with zero attached hydrogens (tertiary/aromatic N) is 3. The number of benzene rings is 1. The van der Waals surface area contributed by atoms with Gasteiger partial charge in [-0.3, -0.25) is 10.1 Å². The molecular formula is C12H10ClN3O4. The lowest BCUT2D eigenvalue weighted by Gasteiger charge is -2.10. The molecule has 0 radical (unpaired) electrons. The van der Waals surface area contributed by atoms with Gasteiger partial charge in [-0.15, -0.1) is 0 Å². The molecule has 0 unspecified atom stereocenters. The van der Waals surface area contributed by atoms with Crippen molar-refractivity contribution in [2.45, 2.75) is 6.92 Å². The highest BCUT2D eigenvalue weighted by atomic mass is 35.5. The number of nitro groups is 1. The predicted octanol–water partition coefficient (Wildman–Crippen LogP) is 3.15. The molecule has 104 valence electrons. The van der Waals surface area contributed by atoms with Crippen LogP contribution in [-0.2, 0) is 0 Å². The number of nitro benzene ring substituents is 1. The fourth-order valence-corrected chi connectivity index (χ4v) is 1.59. The fraction of sp³-hybridized carbons (Fsp3) is 0.167. The molecular weight excluding hydrogens is 286 g/mol. The molecule has 0 amide bonds. The topological polar surface area (TPSA) is 87.4 Å². The van der Waals surface area contributed by atoms with Crippen LogP contribution in [0.25, 0.3) is 0 Å². The molecule has 1 heterocycles. The zero-order valence-corrected chi connectivity index (χ0v) is 11.4. The van der Waals surface area contributed by atoms with Gasteiger partial charge in [0.25, 0.3) is 5.69 Å². The van der Waals surface area contributed by atoms with Crippen LogP contribution in [0.3, 0.4) is 0 Å². The Balaban J connectivity index is 2.38. The highest BCUT2D eigenvalue weighted by Crippen LogP contribution is 2.34. The predicted molar refractivity (Wildman–Crippen MR) is 71.5 cm³/mol. The standard InChI is InChI=1S/C12H10ClN3O4/c1-7-6-14-12(13)15-11(7)20-9-4-3-8(16(17)18)5-10(9)19-2/h3-6H,1-2H3. The number of non-ortho nitro benzene ring substituents is 1. The van der Waals surface area contributed by atoms with Gasteiger partial charge >= 0.3 is 0 Å². The van der Waals surface area contributed by atoms with E-state index in [1.165, 1.54) is 31.5 Å². The van der Waals surface area contributed by atoms with Crippen molar-refractivity contribution in [2.24, 2.45) is 0 Å². The molecule has 0 saturated carbocycles. The summed E-state index contributed by atoms with van der Waals surface area (Å²) in [5, 5.41) is 10.8. The van der Waals surface area contributed by atoms with Crippen LogP contribution in [0, 0.1) is 17.0 Å². The Bertz CT molecular complexity index is 663. The van der Waals surface area contributed by atoms with Crippen LogP contribution in [0.1, 0.15) is 5.56 Å². The van der Waals surface area contributed by atoms with Crippen LogP contribution in [0.4, 0.5) is 5.69 Å². The van der Waals surface area contributed by atoms with Gasteiger partial charge in [0.1, 0.15) is 0 Å². The minimum Gasteiger partial charge on any atom is -0.493 e. The molecule has 0 aliphatic rings. The maximum absolute atomic E-state index is 10.7. The van der Waals surface area contributed by atoms with E-state index in [-0.39, 0.29) is 22.6 Å².